The highest BCUT2D eigenvalue weighted by Crippen LogP contribution is 2.18. The fourth-order valence-corrected chi connectivity index (χ4v) is 4.22. The summed E-state index contributed by atoms with van der Waals surface area (Å²) in [4.78, 5) is 12.7. The number of rotatable bonds is 10. The van der Waals surface area contributed by atoms with Gasteiger partial charge in [0.25, 0.3) is 5.91 Å². The van der Waals surface area contributed by atoms with E-state index in [2.05, 4.69) is 23.9 Å². The van der Waals surface area contributed by atoms with Crippen LogP contribution in [0.2, 0.25) is 0 Å². The summed E-state index contributed by atoms with van der Waals surface area (Å²) < 4.78 is 38.6. The first-order chi connectivity index (χ1) is 14.8. The molecule has 7 nitrogen and oxygen atoms in total. The Hall–Kier alpha value is -2.42. The van der Waals surface area contributed by atoms with Crippen molar-refractivity contribution in [3.63, 3.8) is 0 Å². The number of benzene rings is 2. The molecule has 1 aliphatic heterocycles. The van der Waals surface area contributed by atoms with Gasteiger partial charge < -0.3 is 14.8 Å². The van der Waals surface area contributed by atoms with E-state index in [1.165, 1.54) is 12.1 Å². The molecule has 1 unspecified atom stereocenters. The summed E-state index contributed by atoms with van der Waals surface area (Å²) in [6.45, 7) is 5.79. The van der Waals surface area contributed by atoms with Gasteiger partial charge in [0.1, 0.15) is 5.75 Å². The maximum absolute atomic E-state index is 12.6. The Morgan fingerprint density at radius 1 is 1.19 bits per heavy atom. The van der Waals surface area contributed by atoms with Crippen molar-refractivity contribution in [2.24, 2.45) is 5.92 Å². The molecule has 1 saturated heterocycles. The third-order valence-corrected chi connectivity index (χ3v) is 6.45. The van der Waals surface area contributed by atoms with Crippen LogP contribution < -0.4 is 14.8 Å². The van der Waals surface area contributed by atoms with E-state index < -0.39 is 10.0 Å². The molecule has 0 bridgehead atoms. The van der Waals surface area contributed by atoms with E-state index in [0.29, 0.717) is 36.1 Å². The van der Waals surface area contributed by atoms with Crippen molar-refractivity contribution in [2.45, 2.75) is 44.1 Å². The topological polar surface area (TPSA) is 93.7 Å². The molecule has 0 aliphatic carbocycles. The monoisotopic (exact) mass is 446 g/mol. The van der Waals surface area contributed by atoms with Crippen molar-refractivity contribution in [2.75, 3.05) is 25.1 Å². The number of hydrogen-bond donors (Lipinski definition) is 2. The van der Waals surface area contributed by atoms with Crippen LogP contribution in [0.15, 0.2) is 53.4 Å². The second-order valence-corrected chi connectivity index (χ2v) is 9.79. The Balaban J connectivity index is 1.57. The van der Waals surface area contributed by atoms with Gasteiger partial charge >= 0.3 is 0 Å². The molecule has 2 aromatic rings. The Morgan fingerprint density at radius 2 is 1.97 bits per heavy atom. The summed E-state index contributed by atoms with van der Waals surface area (Å²) in [6, 6.07) is 13.1. The molecule has 1 atom stereocenters. The standard InChI is InChI=1S/C23H30N2O5S/c1-17(2)12-14-30-20-6-3-5-18(15-20)23(26)25-19-8-10-22(11-9-19)31(27,28)24-16-21-7-4-13-29-21/h3,5-6,8-11,15,17,21,24H,4,7,12-14,16H2,1-2H3,(H,25,26). The van der Waals surface area contributed by atoms with Crippen molar-refractivity contribution in [3.05, 3.63) is 54.1 Å². The van der Waals surface area contributed by atoms with Crippen LogP contribution in [0.3, 0.4) is 0 Å². The fourth-order valence-electron chi connectivity index (χ4n) is 3.15. The molecule has 0 aromatic heterocycles. The van der Waals surface area contributed by atoms with Crippen LogP contribution in [0.25, 0.3) is 0 Å². The van der Waals surface area contributed by atoms with Gasteiger partial charge in [0.15, 0.2) is 0 Å². The zero-order chi connectivity index (χ0) is 22.3. The lowest BCUT2D eigenvalue weighted by atomic mass is 10.1. The van der Waals surface area contributed by atoms with Gasteiger partial charge in [-0.1, -0.05) is 19.9 Å². The van der Waals surface area contributed by atoms with Gasteiger partial charge in [-0.25, -0.2) is 13.1 Å². The lowest BCUT2D eigenvalue weighted by Gasteiger charge is -2.12. The van der Waals surface area contributed by atoms with Crippen molar-refractivity contribution < 1.29 is 22.7 Å². The maximum atomic E-state index is 12.6. The lowest BCUT2D eigenvalue weighted by molar-refractivity contribution is 0.102. The van der Waals surface area contributed by atoms with E-state index >= 15 is 0 Å². The molecule has 168 valence electrons. The van der Waals surface area contributed by atoms with Crippen LogP contribution in [0, 0.1) is 5.92 Å². The molecule has 2 aromatic carbocycles. The zero-order valence-corrected chi connectivity index (χ0v) is 18.8. The molecule has 0 saturated carbocycles. The third-order valence-electron chi connectivity index (χ3n) is 5.01. The highest BCUT2D eigenvalue weighted by atomic mass is 32.2. The second-order valence-electron chi connectivity index (χ2n) is 8.02. The smallest absolute Gasteiger partial charge is 0.255 e. The van der Waals surface area contributed by atoms with E-state index in [1.807, 2.05) is 6.07 Å². The van der Waals surface area contributed by atoms with Crippen LogP contribution in [-0.2, 0) is 14.8 Å². The minimum atomic E-state index is -3.63. The number of amides is 1. The van der Waals surface area contributed by atoms with Crippen LogP contribution in [0.4, 0.5) is 5.69 Å². The normalized spacial score (nSPS) is 16.4. The highest BCUT2D eigenvalue weighted by molar-refractivity contribution is 7.89. The third kappa shape index (κ3) is 7.05. The van der Waals surface area contributed by atoms with Gasteiger partial charge in [-0.05, 0) is 67.6 Å². The number of ether oxygens (including phenoxy) is 2. The molecule has 1 amide bonds. The van der Waals surface area contributed by atoms with Gasteiger partial charge in [-0.15, -0.1) is 0 Å². The van der Waals surface area contributed by atoms with Crippen LogP contribution >= 0.6 is 0 Å². The van der Waals surface area contributed by atoms with E-state index in [1.54, 1.807) is 30.3 Å². The Morgan fingerprint density at radius 3 is 2.65 bits per heavy atom. The summed E-state index contributed by atoms with van der Waals surface area (Å²) >= 11 is 0. The summed E-state index contributed by atoms with van der Waals surface area (Å²) in [7, 11) is -3.63. The maximum Gasteiger partial charge on any atom is 0.255 e. The second kappa shape index (κ2) is 10.7. The molecule has 0 radical (unpaired) electrons. The number of anilines is 1. The Kier molecular flexibility index (Phi) is 8.06. The number of hydrogen-bond acceptors (Lipinski definition) is 5. The van der Waals surface area contributed by atoms with Crippen LogP contribution in [0.5, 0.6) is 5.75 Å². The predicted molar refractivity (Wildman–Crippen MR) is 120 cm³/mol. The fraction of sp³-hybridized carbons (Fsp3) is 0.435. The molecule has 0 spiro atoms. The predicted octanol–water partition coefficient (Wildman–Crippen LogP) is 3.82. The molecular formula is C23H30N2O5S. The van der Waals surface area contributed by atoms with Gasteiger partial charge in [0, 0.05) is 24.4 Å². The van der Waals surface area contributed by atoms with E-state index in [-0.39, 0.29) is 23.5 Å². The Labute approximate surface area is 184 Å². The van der Waals surface area contributed by atoms with Gasteiger partial charge in [0.05, 0.1) is 17.6 Å². The first kappa shape index (κ1) is 23.2. The molecule has 1 aliphatic rings. The van der Waals surface area contributed by atoms with Crippen molar-refractivity contribution in [3.8, 4) is 5.75 Å². The van der Waals surface area contributed by atoms with Crippen molar-refractivity contribution in [1.82, 2.24) is 4.72 Å². The quantitative estimate of drug-likeness (QED) is 0.579. The molecule has 1 fully saturated rings. The molecule has 8 heteroatoms. The van der Waals surface area contributed by atoms with E-state index in [9.17, 15) is 13.2 Å². The lowest BCUT2D eigenvalue weighted by Crippen LogP contribution is -2.31. The van der Waals surface area contributed by atoms with Crippen molar-refractivity contribution >= 4 is 21.6 Å². The van der Waals surface area contributed by atoms with Gasteiger partial charge in [-0.2, -0.15) is 0 Å². The largest absolute Gasteiger partial charge is 0.494 e. The van der Waals surface area contributed by atoms with Gasteiger partial charge in [-0.3, -0.25) is 4.79 Å². The number of carbonyl (C=O) groups excluding carboxylic acids is 1. The average Bonchev–Trinajstić information content (AvgIpc) is 3.26. The molecule has 3 rings (SSSR count). The molecule has 2 N–H and O–H groups in total. The first-order valence-electron chi connectivity index (χ1n) is 10.6. The molecule has 31 heavy (non-hydrogen) atoms. The first-order valence-corrected chi connectivity index (χ1v) is 12.1. The minimum Gasteiger partial charge on any atom is -0.494 e. The van der Waals surface area contributed by atoms with Crippen molar-refractivity contribution in [1.29, 1.82) is 0 Å². The zero-order valence-electron chi connectivity index (χ0n) is 18.0. The minimum absolute atomic E-state index is 0.0709. The summed E-state index contributed by atoms with van der Waals surface area (Å²) in [5.74, 6) is 0.901. The average molecular weight is 447 g/mol. The van der Waals surface area contributed by atoms with Crippen LogP contribution in [0.1, 0.15) is 43.5 Å². The SMILES string of the molecule is CC(C)CCOc1cccc(C(=O)Nc2ccc(S(=O)(=O)NCC3CCCO3)cc2)c1. The molecular weight excluding hydrogens is 416 g/mol. The summed E-state index contributed by atoms with van der Waals surface area (Å²) in [6.07, 6.45) is 2.68. The number of nitrogens with one attached hydrogen (secondary N) is 2. The summed E-state index contributed by atoms with van der Waals surface area (Å²) in [5, 5.41) is 2.79. The number of carbonyl (C=O) groups is 1. The van der Waals surface area contributed by atoms with Gasteiger partial charge in [0.2, 0.25) is 10.0 Å². The molecule has 1 heterocycles. The summed E-state index contributed by atoms with van der Waals surface area (Å²) in [5.41, 5.74) is 0.978. The number of sulfonamides is 1. The van der Waals surface area contributed by atoms with E-state index in [4.69, 9.17) is 9.47 Å². The van der Waals surface area contributed by atoms with Crippen LogP contribution in [-0.4, -0.2) is 40.2 Å². The van der Waals surface area contributed by atoms with E-state index in [0.717, 1.165) is 19.3 Å². The Bertz CT molecular complexity index is 968. The highest BCUT2D eigenvalue weighted by Gasteiger charge is 2.20.